The maximum atomic E-state index is 13.7. The van der Waals surface area contributed by atoms with Gasteiger partial charge in [-0.25, -0.2) is 14.7 Å². The lowest BCUT2D eigenvalue weighted by molar-refractivity contribution is -0.115. The van der Waals surface area contributed by atoms with Crippen LogP contribution in [0.3, 0.4) is 0 Å². The molecular formula is C23H18F3N5OS. The van der Waals surface area contributed by atoms with Gasteiger partial charge in [0, 0.05) is 22.1 Å². The molecule has 10 heteroatoms. The number of urea groups is 1. The van der Waals surface area contributed by atoms with Gasteiger partial charge in [-0.2, -0.15) is 18.2 Å². The Morgan fingerprint density at radius 2 is 1.88 bits per heavy atom. The van der Waals surface area contributed by atoms with Crippen LogP contribution in [0.4, 0.5) is 40.4 Å². The van der Waals surface area contributed by atoms with Crippen molar-refractivity contribution in [1.29, 1.82) is 0 Å². The number of hydrogen-bond donors (Lipinski definition) is 1. The van der Waals surface area contributed by atoms with Crippen molar-refractivity contribution in [3.8, 4) is 0 Å². The van der Waals surface area contributed by atoms with E-state index in [4.69, 9.17) is 0 Å². The van der Waals surface area contributed by atoms with Crippen LogP contribution in [0.25, 0.3) is 10.1 Å². The summed E-state index contributed by atoms with van der Waals surface area (Å²) in [7, 11) is 0. The van der Waals surface area contributed by atoms with E-state index < -0.39 is 12.7 Å². The molecular weight excluding hydrogens is 451 g/mol. The fourth-order valence-electron chi connectivity index (χ4n) is 3.62. The number of rotatable bonds is 4. The van der Waals surface area contributed by atoms with Gasteiger partial charge in [0.25, 0.3) is 0 Å². The Bertz CT molecular complexity index is 1300. The number of alkyl halides is 3. The standard InChI is InChI=1S/C23H18F3N5OS/c1-14-6-8-17(9-7-14)30-12-16-11-27-21(28-13-23(24,25)26)29-20(16)31(22(30)32)19-10-15-4-2-3-5-18(15)33-19/h2-11H,12-13H2,1H3,(H,27,28,29). The fraction of sp³-hybridized carbons (Fsp3) is 0.174. The zero-order valence-electron chi connectivity index (χ0n) is 17.4. The maximum Gasteiger partial charge on any atom is 0.405 e. The van der Waals surface area contributed by atoms with Gasteiger partial charge in [0.2, 0.25) is 5.95 Å². The number of aromatic nitrogens is 2. The van der Waals surface area contributed by atoms with Crippen LogP contribution >= 0.6 is 11.3 Å². The number of nitrogens with one attached hydrogen (secondary N) is 1. The Morgan fingerprint density at radius 1 is 1.12 bits per heavy atom. The summed E-state index contributed by atoms with van der Waals surface area (Å²) in [6, 6.07) is 16.8. The van der Waals surface area contributed by atoms with E-state index in [2.05, 4.69) is 15.3 Å². The van der Waals surface area contributed by atoms with Crippen molar-refractivity contribution in [2.45, 2.75) is 19.6 Å². The summed E-state index contributed by atoms with van der Waals surface area (Å²) in [4.78, 5) is 25.1. The third kappa shape index (κ3) is 4.21. The molecule has 0 atom stereocenters. The molecule has 2 amide bonds. The van der Waals surface area contributed by atoms with E-state index in [0.29, 0.717) is 16.3 Å². The lowest BCUT2D eigenvalue weighted by Crippen LogP contribution is -2.45. The highest BCUT2D eigenvalue weighted by Gasteiger charge is 2.35. The summed E-state index contributed by atoms with van der Waals surface area (Å²) >= 11 is 1.41. The topological polar surface area (TPSA) is 61.4 Å². The Labute approximate surface area is 191 Å². The Balaban J connectivity index is 1.60. The largest absolute Gasteiger partial charge is 0.405 e. The monoisotopic (exact) mass is 469 g/mol. The molecule has 0 bridgehead atoms. The highest BCUT2D eigenvalue weighted by atomic mass is 32.1. The first-order chi connectivity index (χ1) is 15.8. The van der Waals surface area contributed by atoms with Gasteiger partial charge >= 0.3 is 12.2 Å². The predicted octanol–water partition coefficient (Wildman–Crippen LogP) is 6.25. The van der Waals surface area contributed by atoms with Crippen LogP contribution in [-0.2, 0) is 6.54 Å². The molecule has 0 spiro atoms. The molecule has 0 saturated heterocycles. The Hall–Kier alpha value is -3.66. The van der Waals surface area contributed by atoms with E-state index in [9.17, 15) is 18.0 Å². The van der Waals surface area contributed by atoms with Crippen LogP contribution in [-0.4, -0.2) is 28.7 Å². The number of aryl methyl sites for hydroxylation is 1. The van der Waals surface area contributed by atoms with Crippen LogP contribution in [0.1, 0.15) is 11.1 Å². The third-order valence-electron chi connectivity index (χ3n) is 5.23. The molecule has 2 aromatic heterocycles. The summed E-state index contributed by atoms with van der Waals surface area (Å²) in [5.41, 5.74) is 2.40. The van der Waals surface area contributed by atoms with E-state index in [1.54, 1.807) is 4.90 Å². The van der Waals surface area contributed by atoms with Crippen LogP contribution in [0.5, 0.6) is 0 Å². The van der Waals surface area contributed by atoms with Crippen molar-refractivity contribution in [2.75, 3.05) is 21.7 Å². The minimum Gasteiger partial charge on any atom is -0.345 e. The molecule has 0 radical (unpaired) electrons. The van der Waals surface area contributed by atoms with Gasteiger partial charge in [-0.3, -0.25) is 4.90 Å². The molecule has 0 saturated carbocycles. The molecule has 0 fully saturated rings. The first kappa shape index (κ1) is 21.2. The van der Waals surface area contributed by atoms with E-state index in [1.807, 2.05) is 61.5 Å². The van der Waals surface area contributed by atoms with Crippen LogP contribution in [0.2, 0.25) is 0 Å². The molecule has 1 aliphatic heterocycles. The van der Waals surface area contributed by atoms with Gasteiger partial charge in [0.15, 0.2) is 5.82 Å². The van der Waals surface area contributed by atoms with Crippen molar-refractivity contribution in [3.63, 3.8) is 0 Å². The number of fused-ring (bicyclic) bond motifs is 2. The van der Waals surface area contributed by atoms with Gasteiger partial charge in [-0.1, -0.05) is 35.9 Å². The maximum absolute atomic E-state index is 13.7. The van der Waals surface area contributed by atoms with E-state index in [-0.39, 0.29) is 24.3 Å². The number of hydrogen-bond acceptors (Lipinski definition) is 5. The lowest BCUT2D eigenvalue weighted by Gasteiger charge is -2.35. The lowest BCUT2D eigenvalue weighted by atomic mass is 10.1. The highest BCUT2D eigenvalue weighted by molar-refractivity contribution is 7.23. The smallest absolute Gasteiger partial charge is 0.345 e. The SMILES string of the molecule is Cc1ccc(N2Cc3cnc(NCC(F)(F)F)nc3N(c3cc4ccccc4s3)C2=O)cc1. The molecule has 1 N–H and O–H groups in total. The second-order valence-electron chi connectivity index (χ2n) is 7.67. The minimum absolute atomic E-state index is 0.186. The number of carbonyl (C=O) groups excluding carboxylic acids is 1. The summed E-state index contributed by atoms with van der Waals surface area (Å²) in [5, 5.41) is 3.79. The summed E-state index contributed by atoms with van der Waals surface area (Å²) in [6.45, 7) is 0.903. The van der Waals surface area contributed by atoms with Crippen molar-refractivity contribution in [2.24, 2.45) is 0 Å². The number of carbonyl (C=O) groups is 1. The van der Waals surface area contributed by atoms with Gasteiger partial charge in [-0.15, -0.1) is 11.3 Å². The van der Waals surface area contributed by atoms with E-state index in [0.717, 1.165) is 15.6 Å². The summed E-state index contributed by atoms with van der Waals surface area (Å²) < 4.78 is 39.0. The number of benzene rings is 2. The van der Waals surface area contributed by atoms with Gasteiger partial charge in [0.05, 0.1) is 6.54 Å². The second-order valence-corrected chi connectivity index (χ2v) is 8.74. The molecule has 1 aliphatic rings. The second kappa shape index (κ2) is 8.04. The minimum atomic E-state index is -4.41. The number of halogens is 3. The van der Waals surface area contributed by atoms with E-state index in [1.165, 1.54) is 22.4 Å². The van der Waals surface area contributed by atoms with E-state index >= 15 is 0 Å². The van der Waals surface area contributed by atoms with Crippen molar-refractivity contribution < 1.29 is 18.0 Å². The molecule has 4 aromatic rings. The number of amides is 2. The molecule has 0 aliphatic carbocycles. The molecule has 2 aromatic carbocycles. The quantitative estimate of drug-likeness (QED) is 0.384. The van der Waals surface area contributed by atoms with Crippen molar-refractivity contribution in [3.05, 3.63) is 71.9 Å². The van der Waals surface area contributed by atoms with Crippen LogP contribution < -0.4 is 15.1 Å². The normalized spacial score (nSPS) is 14.0. The molecule has 6 nitrogen and oxygen atoms in total. The van der Waals surface area contributed by atoms with Crippen LogP contribution in [0, 0.1) is 6.92 Å². The highest BCUT2D eigenvalue weighted by Crippen LogP contribution is 2.41. The predicted molar refractivity (Wildman–Crippen MR) is 123 cm³/mol. The first-order valence-electron chi connectivity index (χ1n) is 10.1. The van der Waals surface area contributed by atoms with Crippen molar-refractivity contribution in [1.82, 2.24) is 9.97 Å². The van der Waals surface area contributed by atoms with Gasteiger partial charge in [0.1, 0.15) is 11.5 Å². The third-order valence-corrected chi connectivity index (χ3v) is 6.33. The van der Waals surface area contributed by atoms with Gasteiger partial charge in [-0.05, 0) is 36.6 Å². The summed E-state index contributed by atoms with van der Waals surface area (Å²) in [5.74, 6) is 0.0864. The summed E-state index contributed by atoms with van der Waals surface area (Å²) in [6.07, 6.45) is -2.95. The average Bonchev–Trinajstić information content (AvgIpc) is 3.21. The zero-order valence-corrected chi connectivity index (χ0v) is 18.2. The molecule has 33 heavy (non-hydrogen) atoms. The molecule has 3 heterocycles. The van der Waals surface area contributed by atoms with Crippen molar-refractivity contribution >= 4 is 49.9 Å². The number of nitrogens with zero attached hydrogens (tertiary/aromatic N) is 4. The average molecular weight is 469 g/mol. The Morgan fingerprint density at radius 3 is 2.61 bits per heavy atom. The zero-order chi connectivity index (χ0) is 23.2. The number of thiophene rings is 1. The fourth-order valence-corrected chi connectivity index (χ4v) is 4.68. The molecule has 168 valence electrons. The Kier molecular flexibility index (Phi) is 5.16. The molecule has 5 rings (SSSR count). The number of anilines is 4. The van der Waals surface area contributed by atoms with Crippen LogP contribution in [0.15, 0.2) is 60.8 Å². The first-order valence-corrected chi connectivity index (χ1v) is 10.9. The van der Waals surface area contributed by atoms with Gasteiger partial charge < -0.3 is 5.32 Å². The molecule has 0 unspecified atom stereocenters.